The summed E-state index contributed by atoms with van der Waals surface area (Å²) < 4.78 is 39.0. The number of halogens is 4. The smallest absolute Gasteiger partial charge is 0.418 e. The molecule has 0 fully saturated rings. The average molecular weight is 180 g/mol. The Morgan fingerprint density at radius 2 is 1.25 bits per heavy atom. The van der Waals surface area contributed by atoms with Crippen LogP contribution in [0.15, 0.2) is 30.3 Å². The van der Waals surface area contributed by atoms with Gasteiger partial charge in [-0.05, 0) is 12.1 Å². The van der Waals surface area contributed by atoms with Crippen molar-refractivity contribution in [3.8, 4) is 0 Å². The molecule has 1 rings (SSSR count). The molecule has 6 heteroatoms. The van der Waals surface area contributed by atoms with Gasteiger partial charge in [-0.1, -0.05) is 18.2 Å². The quantitative estimate of drug-likeness (QED) is 0.370. The highest BCUT2D eigenvalue weighted by molar-refractivity contribution is 6.50. The van der Waals surface area contributed by atoms with Crippen LogP contribution in [0.2, 0.25) is 0 Å². The number of hydrogen-bond acceptors (Lipinski definition) is 1. The Bertz CT molecular complexity index is 205. The van der Waals surface area contributed by atoms with Gasteiger partial charge in [0, 0.05) is 5.69 Å². The van der Waals surface area contributed by atoms with E-state index in [1.807, 2.05) is 30.3 Å². The van der Waals surface area contributed by atoms with E-state index in [2.05, 4.69) is 0 Å². The van der Waals surface area contributed by atoms with Crippen LogP contribution in [0, 0.1) is 0 Å². The third kappa shape index (κ3) is 11.6. The third-order valence-electron chi connectivity index (χ3n) is 0.800. The Balaban J connectivity index is 0.000000217. The van der Waals surface area contributed by atoms with Gasteiger partial charge in [0.05, 0.1) is 0 Å². The van der Waals surface area contributed by atoms with Crippen LogP contribution in [-0.4, -0.2) is 7.25 Å². The first kappa shape index (κ1) is 10.8. The molecule has 0 heterocycles. The van der Waals surface area contributed by atoms with Crippen LogP contribution in [0.25, 0.3) is 0 Å². The largest absolute Gasteiger partial charge is 0.673 e. The Morgan fingerprint density at radius 3 is 1.42 bits per heavy atom. The minimum absolute atomic E-state index is 0.822. The van der Waals surface area contributed by atoms with Gasteiger partial charge in [0.15, 0.2) is 0 Å². The molecule has 0 aromatic heterocycles. The van der Waals surface area contributed by atoms with E-state index in [0.29, 0.717) is 0 Å². The minimum Gasteiger partial charge on any atom is -0.418 e. The molecule has 0 bridgehead atoms. The molecule has 0 spiro atoms. The normalized spacial score (nSPS) is 10.0. The molecule has 0 unspecified atom stereocenters. The maximum absolute atomic E-state index is 9.75. The van der Waals surface area contributed by atoms with Gasteiger partial charge in [0.1, 0.15) is 0 Å². The van der Waals surface area contributed by atoms with Crippen LogP contribution in [0.3, 0.4) is 0 Å². The van der Waals surface area contributed by atoms with Gasteiger partial charge in [-0.25, -0.2) is 0 Å². The summed E-state index contributed by atoms with van der Waals surface area (Å²) in [4.78, 5) is 0. The number of hydrogen-bond donors (Lipinski definition) is 1. The monoisotopic (exact) mass is 180 g/mol. The van der Waals surface area contributed by atoms with Gasteiger partial charge in [0.2, 0.25) is 0 Å². The maximum atomic E-state index is 9.75. The van der Waals surface area contributed by atoms with Crippen molar-refractivity contribution >= 4 is 12.9 Å². The van der Waals surface area contributed by atoms with Crippen LogP contribution in [0.4, 0.5) is 23.0 Å². The summed E-state index contributed by atoms with van der Waals surface area (Å²) in [5, 5.41) is 0. The standard InChI is InChI=1S/C6H7N.BF4/c7-6-4-2-1-3-5-6;2-1(3,4)5/h1-5H,7H2;/q;-1. The van der Waals surface area contributed by atoms with Crippen molar-refractivity contribution in [2.24, 2.45) is 0 Å². The number of benzene rings is 1. The molecule has 0 amide bonds. The predicted octanol–water partition coefficient (Wildman–Crippen LogP) is 2.57. The van der Waals surface area contributed by atoms with E-state index in [0.717, 1.165) is 5.69 Å². The summed E-state index contributed by atoms with van der Waals surface area (Å²) >= 11 is 0. The second-order valence-electron chi connectivity index (χ2n) is 1.91. The zero-order valence-electron chi connectivity index (χ0n) is 6.05. The molecule has 0 radical (unpaired) electrons. The lowest BCUT2D eigenvalue weighted by atomic mass is 10.3. The molecule has 1 aromatic rings. The summed E-state index contributed by atoms with van der Waals surface area (Å²) in [5.41, 5.74) is 6.18. The minimum atomic E-state index is -6.00. The van der Waals surface area contributed by atoms with E-state index in [1.54, 1.807) is 0 Å². The fourth-order valence-electron chi connectivity index (χ4n) is 0.453. The van der Waals surface area contributed by atoms with E-state index >= 15 is 0 Å². The highest BCUT2D eigenvalue weighted by Crippen LogP contribution is 2.06. The SMILES string of the molecule is F[B-](F)(F)F.Nc1ccccc1. The van der Waals surface area contributed by atoms with Gasteiger partial charge in [-0.3, -0.25) is 0 Å². The first-order chi connectivity index (χ1) is 5.39. The van der Waals surface area contributed by atoms with Crippen molar-refractivity contribution in [2.75, 3.05) is 5.73 Å². The molecule has 1 aromatic carbocycles. The second-order valence-corrected chi connectivity index (χ2v) is 1.91. The Labute approximate surface area is 67.3 Å². The van der Waals surface area contributed by atoms with E-state index in [4.69, 9.17) is 5.73 Å². The highest BCUT2D eigenvalue weighted by Gasteiger charge is 2.20. The van der Waals surface area contributed by atoms with Gasteiger partial charge >= 0.3 is 7.25 Å². The van der Waals surface area contributed by atoms with Gasteiger partial charge in [0.25, 0.3) is 0 Å². The van der Waals surface area contributed by atoms with Crippen LogP contribution < -0.4 is 5.73 Å². The number of nitrogens with two attached hydrogens (primary N) is 1. The molecule has 0 aliphatic rings. The fraction of sp³-hybridized carbons (Fsp3) is 0. The van der Waals surface area contributed by atoms with Gasteiger partial charge in [-0.15, -0.1) is 0 Å². The molecule has 0 saturated carbocycles. The molecular formula is C6H7BF4N-. The van der Waals surface area contributed by atoms with Crippen LogP contribution in [0.5, 0.6) is 0 Å². The molecule has 0 saturated heterocycles. The van der Waals surface area contributed by atoms with E-state index in [1.165, 1.54) is 0 Å². The molecule has 0 aliphatic carbocycles. The number of rotatable bonds is 0. The zero-order valence-corrected chi connectivity index (χ0v) is 6.05. The fourth-order valence-corrected chi connectivity index (χ4v) is 0.453. The van der Waals surface area contributed by atoms with E-state index in [-0.39, 0.29) is 0 Å². The molecule has 0 atom stereocenters. The van der Waals surface area contributed by atoms with Crippen molar-refractivity contribution < 1.29 is 17.3 Å². The van der Waals surface area contributed by atoms with Crippen LogP contribution in [-0.2, 0) is 0 Å². The molecular weight excluding hydrogens is 173 g/mol. The van der Waals surface area contributed by atoms with Crippen molar-refractivity contribution in [3.63, 3.8) is 0 Å². The summed E-state index contributed by atoms with van der Waals surface area (Å²) in [6.45, 7) is 0. The van der Waals surface area contributed by atoms with Crippen molar-refractivity contribution in [1.82, 2.24) is 0 Å². The molecule has 2 N–H and O–H groups in total. The molecule has 1 nitrogen and oxygen atoms in total. The van der Waals surface area contributed by atoms with Crippen LogP contribution in [0.1, 0.15) is 0 Å². The number of para-hydroxylation sites is 1. The zero-order chi connectivity index (χ0) is 9.61. The van der Waals surface area contributed by atoms with Crippen molar-refractivity contribution in [3.05, 3.63) is 30.3 Å². The topological polar surface area (TPSA) is 26.0 Å². The Morgan fingerprint density at radius 1 is 0.917 bits per heavy atom. The van der Waals surface area contributed by atoms with E-state index < -0.39 is 7.25 Å². The maximum Gasteiger partial charge on any atom is 0.673 e. The highest BCUT2D eigenvalue weighted by atomic mass is 19.5. The summed E-state index contributed by atoms with van der Waals surface area (Å²) in [6, 6.07) is 9.49. The van der Waals surface area contributed by atoms with Crippen LogP contribution >= 0.6 is 0 Å². The third-order valence-corrected chi connectivity index (χ3v) is 0.800. The lowest BCUT2D eigenvalue weighted by Gasteiger charge is -1.94. The summed E-state index contributed by atoms with van der Waals surface area (Å²) in [5.74, 6) is 0. The second kappa shape index (κ2) is 4.64. The summed E-state index contributed by atoms with van der Waals surface area (Å²) in [7, 11) is -6.00. The molecule has 0 aliphatic heterocycles. The average Bonchev–Trinajstić information content (AvgIpc) is 1.85. The summed E-state index contributed by atoms with van der Waals surface area (Å²) in [6.07, 6.45) is 0. The van der Waals surface area contributed by atoms with Gasteiger partial charge < -0.3 is 23.0 Å². The van der Waals surface area contributed by atoms with E-state index in [9.17, 15) is 17.3 Å². The molecule has 68 valence electrons. The lowest BCUT2D eigenvalue weighted by Crippen LogP contribution is -2.02. The molecule has 12 heavy (non-hydrogen) atoms. The lowest BCUT2D eigenvalue weighted by molar-refractivity contribution is 0.368. The Kier molecular flexibility index (Phi) is 4.17. The first-order valence-electron chi connectivity index (χ1n) is 3.07. The van der Waals surface area contributed by atoms with Gasteiger partial charge in [-0.2, -0.15) is 0 Å². The first-order valence-corrected chi connectivity index (χ1v) is 3.07. The Hall–Kier alpha value is -1.20. The van der Waals surface area contributed by atoms with Crippen molar-refractivity contribution in [1.29, 1.82) is 0 Å². The predicted molar refractivity (Wildman–Crippen MR) is 41.0 cm³/mol. The number of nitrogen functional groups attached to an aromatic ring is 1. The van der Waals surface area contributed by atoms with Crippen molar-refractivity contribution in [2.45, 2.75) is 0 Å². The number of anilines is 1.